The molecule has 0 unspecified atom stereocenters. The quantitative estimate of drug-likeness (QED) is 0.783. The van der Waals surface area contributed by atoms with Crippen molar-refractivity contribution in [2.75, 3.05) is 0 Å². The third-order valence-electron chi connectivity index (χ3n) is 2.79. The van der Waals surface area contributed by atoms with Crippen LogP contribution in [0.3, 0.4) is 0 Å². The molecule has 0 atom stereocenters. The Morgan fingerprint density at radius 3 is 2.95 bits per heavy atom. The highest BCUT2D eigenvalue weighted by Gasteiger charge is 2.16. The molecule has 0 fully saturated rings. The van der Waals surface area contributed by atoms with Crippen molar-refractivity contribution in [2.24, 2.45) is 0 Å². The summed E-state index contributed by atoms with van der Waals surface area (Å²) in [5.41, 5.74) is 3.49. The molecule has 2 aromatic heterocycles. The minimum atomic E-state index is -3.60. The lowest BCUT2D eigenvalue weighted by molar-refractivity contribution is 0.301. The first-order chi connectivity index (χ1) is 9.56. The van der Waals surface area contributed by atoms with Crippen molar-refractivity contribution in [1.82, 2.24) is 20.0 Å². The zero-order valence-corrected chi connectivity index (χ0v) is 12.0. The van der Waals surface area contributed by atoms with Crippen molar-refractivity contribution >= 4 is 31.6 Å². The van der Waals surface area contributed by atoms with Crippen LogP contribution in [0.5, 0.6) is 0 Å². The normalized spacial score (nSPS) is 12.1. The summed E-state index contributed by atoms with van der Waals surface area (Å²) >= 11 is 1.40. The van der Waals surface area contributed by atoms with Crippen molar-refractivity contribution in [3.8, 4) is 0 Å². The second-order valence-corrected chi connectivity index (χ2v) is 6.76. The lowest BCUT2D eigenvalue weighted by Crippen LogP contribution is -2.23. The fourth-order valence-electron chi connectivity index (χ4n) is 1.66. The molecule has 0 saturated heterocycles. The largest absolute Gasteiger partial charge is 0.245 e. The lowest BCUT2D eigenvalue weighted by Gasteiger charge is -2.05. The molecular formula is C11H10N4O3S2. The molecule has 0 amide bonds. The molecule has 2 heterocycles. The molecule has 20 heavy (non-hydrogen) atoms. The first-order valence-electron chi connectivity index (χ1n) is 5.67. The summed E-state index contributed by atoms with van der Waals surface area (Å²) in [6.45, 7) is 1.74. The Labute approximate surface area is 118 Å². The number of thiazole rings is 1. The molecule has 3 aromatic rings. The Kier molecular flexibility index (Phi) is 3.24. The van der Waals surface area contributed by atoms with E-state index >= 15 is 0 Å². The van der Waals surface area contributed by atoms with Gasteiger partial charge in [0, 0.05) is 0 Å². The van der Waals surface area contributed by atoms with Gasteiger partial charge in [-0.05, 0) is 25.1 Å². The second kappa shape index (κ2) is 4.93. The number of hydrogen-bond donors (Lipinski definition) is 1. The SMILES string of the molecule is Cc1nonc1CNS(=O)(=O)c1ccc2ncsc2c1. The summed E-state index contributed by atoms with van der Waals surface area (Å²) in [6.07, 6.45) is 0. The van der Waals surface area contributed by atoms with Crippen LogP contribution in [0.4, 0.5) is 0 Å². The van der Waals surface area contributed by atoms with Gasteiger partial charge in [0.25, 0.3) is 0 Å². The molecule has 104 valence electrons. The van der Waals surface area contributed by atoms with Crippen LogP contribution in [-0.2, 0) is 16.6 Å². The van der Waals surface area contributed by atoms with Crippen LogP contribution in [0, 0.1) is 6.92 Å². The van der Waals surface area contributed by atoms with Gasteiger partial charge in [-0.2, -0.15) is 0 Å². The third-order valence-corrected chi connectivity index (χ3v) is 4.98. The molecule has 0 aliphatic carbocycles. The first kappa shape index (κ1) is 13.2. The maximum atomic E-state index is 12.2. The number of aromatic nitrogens is 3. The standard InChI is InChI=1S/C11H10N4O3S2/c1-7-10(15-18-14-7)5-13-20(16,17)8-2-3-9-11(4-8)19-6-12-9/h2-4,6,13H,5H2,1H3. The topological polar surface area (TPSA) is 98.0 Å². The van der Waals surface area contributed by atoms with Crippen molar-refractivity contribution in [2.45, 2.75) is 18.4 Å². The predicted octanol–water partition coefficient (Wildman–Crippen LogP) is 1.47. The maximum Gasteiger partial charge on any atom is 0.240 e. The molecule has 7 nitrogen and oxygen atoms in total. The highest BCUT2D eigenvalue weighted by molar-refractivity contribution is 7.89. The van der Waals surface area contributed by atoms with Crippen molar-refractivity contribution in [3.05, 3.63) is 35.1 Å². The Balaban J connectivity index is 1.85. The molecular weight excluding hydrogens is 300 g/mol. The van der Waals surface area contributed by atoms with Crippen LogP contribution >= 0.6 is 11.3 Å². The lowest BCUT2D eigenvalue weighted by atomic mass is 10.3. The van der Waals surface area contributed by atoms with E-state index in [9.17, 15) is 8.42 Å². The zero-order chi connectivity index (χ0) is 14.2. The summed E-state index contributed by atoms with van der Waals surface area (Å²) in [5.74, 6) is 0. The van der Waals surface area contributed by atoms with Gasteiger partial charge in [-0.25, -0.2) is 22.8 Å². The third kappa shape index (κ3) is 2.42. The van der Waals surface area contributed by atoms with Crippen LogP contribution in [0.15, 0.2) is 33.2 Å². The number of fused-ring (bicyclic) bond motifs is 1. The molecule has 0 saturated carbocycles. The van der Waals surface area contributed by atoms with E-state index in [1.165, 1.54) is 17.4 Å². The number of rotatable bonds is 4. The van der Waals surface area contributed by atoms with Crippen LogP contribution in [0.2, 0.25) is 0 Å². The summed E-state index contributed by atoms with van der Waals surface area (Å²) in [6, 6.07) is 4.81. The summed E-state index contributed by atoms with van der Waals surface area (Å²) in [7, 11) is -3.60. The fourth-order valence-corrected chi connectivity index (χ4v) is 3.46. The van der Waals surface area contributed by atoms with E-state index in [1.807, 2.05) is 0 Å². The molecule has 0 aliphatic rings. The van der Waals surface area contributed by atoms with Crippen molar-refractivity contribution in [1.29, 1.82) is 0 Å². The number of benzene rings is 1. The number of nitrogens with one attached hydrogen (secondary N) is 1. The Morgan fingerprint density at radius 2 is 2.20 bits per heavy atom. The van der Waals surface area contributed by atoms with E-state index in [-0.39, 0.29) is 11.4 Å². The Bertz CT molecular complexity index is 853. The van der Waals surface area contributed by atoms with Crippen LogP contribution in [0.25, 0.3) is 10.2 Å². The minimum absolute atomic E-state index is 0.0401. The molecule has 0 aliphatic heterocycles. The fraction of sp³-hybridized carbons (Fsp3) is 0.182. The van der Waals surface area contributed by atoms with Gasteiger partial charge in [-0.1, -0.05) is 10.3 Å². The van der Waals surface area contributed by atoms with Gasteiger partial charge in [-0.3, -0.25) is 0 Å². The molecule has 0 spiro atoms. The number of hydrogen-bond acceptors (Lipinski definition) is 7. The van der Waals surface area contributed by atoms with Crippen LogP contribution in [0.1, 0.15) is 11.4 Å². The van der Waals surface area contributed by atoms with Gasteiger partial charge in [0.2, 0.25) is 10.0 Å². The highest BCUT2D eigenvalue weighted by Crippen LogP contribution is 2.21. The number of nitrogens with zero attached hydrogens (tertiary/aromatic N) is 3. The van der Waals surface area contributed by atoms with E-state index in [4.69, 9.17) is 0 Å². The smallest absolute Gasteiger partial charge is 0.240 e. The van der Waals surface area contributed by atoms with Gasteiger partial charge in [0.15, 0.2) is 0 Å². The summed E-state index contributed by atoms with van der Waals surface area (Å²) in [4.78, 5) is 4.31. The number of aryl methyl sites for hydroxylation is 1. The van der Waals surface area contributed by atoms with Crippen LogP contribution in [-0.4, -0.2) is 23.7 Å². The number of sulfonamides is 1. The van der Waals surface area contributed by atoms with E-state index in [2.05, 4.69) is 24.6 Å². The van der Waals surface area contributed by atoms with Gasteiger partial charge in [-0.15, -0.1) is 11.3 Å². The van der Waals surface area contributed by atoms with Crippen molar-refractivity contribution in [3.63, 3.8) is 0 Å². The van der Waals surface area contributed by atoms with E-state index < -0.39 is 10.0 Å². The molecule has 1 N–H and O–H groups in total. The first-order valence-corrected chi connectivity index (χ1v) is 8.03. The van der Waals surface area contributed by atoms with Gasteiger partial charge < -0.3 is 0 Å². The Hall–Kier alpha value is -1.84. The molecule has 9 heteroatoms. The molecule has 0 bridgehead atoms. The predicted molar refractivity (Wildman–Crippen MR) is 72.7 cm³/mol. The van der Waals surface area contributed by atoms with Crippen LogP contribution < -0.4 is 4.72 Å². The average Bonchev–Trinajstić information content (AvgIpc) is 3.04. The Morgan fingerprint density at radius 1 is 1.35 bits per heavy atom. The van der Waals surface area contributed by atoms with E-state index in [0.717, 1.165) is 10.2 Å². The minimum Gasteiger partial charge on any atom is -0.245 e. The monoisotopic (exact) mass is 310 g/mol. The zero-order valence-electron chi connectivity index (χ0n) is 10.4. The van der Waals surface area contributed by atoms with E-state index in [1.54, 1.807) is 24.6 Å². The molecule has 3 rings (SSSR count). The highest BCUT2D eigenvalue weighted by atomic mass is 32.2. The summed E-state index contributed by atoms with van der Waals surface area (Å²) < 4.78 is 32.2. The maximum absolute atomic E-state index is 12.2. The molecule has 0 radical (unpaired) electrons. The van der Waals surface area contributed by atoms with Gasteiger partial charge in [0.05, 0.1) is 27.2 Å². The molecule has 1 aromatic carbocycles. The van der Waals surface area contributed by atoms with Crippen molar-refractivity contribution < 1.29 is 13.0 Å². The van der Waals surface area contributed by atoms with Gasteiger partial charge in [0.1, 0.15) is 11.4 Å². The summed E-state index contributed by atoms with van der Waals surface area (Å²) in [5, 5.41) is 7.23. The average molecular weight is 310 g/mol. The van der Waals surface area contributed by atoms with E-state index in [0.29, 0.717) is 11.4 Å². The van der Waals surface area contributed by atoms with Gasteiger partial charge >= 0.3 is 0 Å². The second-order valence-electron chi connectivity index (χ2n) is 4.10.